The van der Waals surface area contributed by atoms with Crippen LogP contribution < -0.4 is 10.4 Å². The quantitative estimate of drug-likeness (QED) is 0.865. The molecular formula is C16H25NOSi2. The van der Waals surface area contributed by atoms with E-state index in [2.05, 4.69) is 51.4 Å². The highest BCUT2D eigenvalue weighted by molar-refractivity contribution is 6.92. The van der Waals surface area contributed by atoms with E-state index in [1.54, 1.807) is 0 Å². The molecule has 0 fully saturated rings. The molecule has 0 atom stereocenters. The predicted octanol–water partition coefficient (Wildman–Crippen LogP) is 3.27. The van der Waals surface area contributed by atoms with Gasteiger partial charge in [-0.15, -0.1) is 0 Å². The molecule has 0 radical (unpaired) electrons. The molecule has 0 spiro atoms. The number of hydrogen-bond acceptors (Lipinski definition) is 1. The van der Waals surface area contributed by atoms with E-state index >= 15 is 0 Å². The fourth-order valence-electron chi connectivity index (χ4n) is 2.32. The molecule has 2 aromatic rings. The molecular weight excluding hydrogens is 278 g/mol. The number of nitrogens with zero attached hydrogens (tertiary/aromatic N) is 1. The van der Waals surface area contributed by atoms with Gasteiger partial charge in [-0.3, -0.25) is 0 Å². The standard InChI is InChI=1S/C16H25NOSi2/c1-19(2,3)13-11-14(17-9-7-8-10-17)16(18)15(12-13)20(4,5)6/h7-12,18H,1-6H3. The minimum Gasteiger partial charge on any atom is -0.506 e. The molecule has 0 saturated heterocycles. The third-order valence-electron chi connectivity index (χ3n) is 3.65. The minimum atomic E-state index is -1.57. The average molecular weight is 304 g/mol. The lowest BCUT2D eigenvalue weighted by molar-refractivity contribution is 0.476. The normalized spacial score (nSPS) is 12.7. The molecule has 2 nitrogen and oxygen atoms in total. The van der Waals surface area contributed by atoms with Crippen molar-refractivity contribution in [2.24, 2.45) is 0 Å². The molecule has 0 unspecified atom stereocenters. The number of rotatable bonds is 3. The third kappa shape index (κ3) is 2.91. The van der Waals surface area contributed by atoms with Gasteiger partial charge >= 0.3 is 0 Å². The average Bonchev–Trinajstić information content (AvgIpc) is 2.79. The van der Waals surface area contributed by atoms with E-state index in [0.29, 0.717) is 5.75 Å². The summed E-state index contributed by atoms with van der Waals surface area (Å²) in [5.74, 6) is 0.461. The third-order valence-corrected chi connectivity index (χ3v) is 7.66. The Bertz CT molecular complexity index is 605. The van der Waals surface area contributed by atoms with Crippen LogP contribution in [0.15, 0.2) is 36.7 Å². The van der Waals surface area contributed by atoms with Crippen LogP contribution in [0.5, 0.6) is 5.75 Å². The molecule has 20 heavy (non-hydrogen) atoms. The van der Waals surface area contributed by atoms with Crippen LogP contribution >= 0.6 is 0 Å². The van der Waals surface area contributed by atoms with Crippen molar-refractivity contribution in [2.45, 2.75) is 39.3 Å². The molecule has 0 aliphatic rings. The highest BCUT2D eigenvalue weighted by atomic mass is 28.3. The molecule has 0 saturated carbocycles. The van der Waals surface area contributed by atoms with Crippen molar-refractivity contribution in [3.8, 4) is 11.4 Å². The van der Waals surface area contributed by atoms with Crippen LogP contribution in [-0.2, 0) is 0 Å². The zero-order valence-electron chi connectivity index (χ0n) is 13.4. The van der Waals surface area contributed by atoms with Crippen LogP contribution in [-0.4, -0.2) is 25.8 Å². The van der Waals surface area contributed by atoms with Crippen LogP contribution in [0, 0.1) is 0 Å². The van der Waals surface area contributed by atoms with Crippen LogP contribution in [0.3, 0.4) is 0 Å². The Morgan fingerprint density at radius 1 is 0.850 bits per heavy atom. The van der Waals surface area contributed by atoms with E-state index < -0.39 is 16.1 Å². The lowest BCUT2D eigenvalue weighted by atomic mass is 10.3. The molecule has 2 rings (SSSR count). The Balaban J connectivity index is 2.75. The van der Waals surface area contributed by atoms with Gasteiger partial charge in [0.05, 0.1) is 21.8 Å². The first-order valence-corrected chi connectivity index (χ1v) is 14.1. The summed E-state index contributed by atoms with van der Waals surface area (Å²) in [5.41, 5.74) is 0.923. The number of benzene rings is 1. The summed E-state index contributed by atoms with van der Waals surface area (Å²) in [6.45, 7) is 13.9. The molecule has 1 N–H and O–H groups in total. The van der Waals surface area contributed by atoms with Gasteiger partial charge in [-0.1, -0.05) is 50.5 Å². The maximum absolute atomic E-state index is 10.7. The largest absolute Gasteiger partial charge is 0.506 e. The Morgan fingerprint density at radius 3 is 1.85 bits per heavy atom. The second kappa shape index (κ2) is 4.93. The van der Waals surface area contributed by atoms with E-state index in [9.17, 15) is 5.11 Å². The molecule has 0 bridgehead atoms. The smallest absolute Gasteiger partial charge is 0.138 e. The van der Waals surface area contributed by atoms with Crippen molar-refractivity contribution in [1.29, 1.82) is 0 Å². The van der Waals surface area contributed by atoms with E-state index in [1.807, 2.05) is 29.1 Å². The molecule has 0 aliphatic heterocycles. The Hall–Kier alpha value is -1.27. The monoisotopic (exact) mass is 303 g/mol. The highest BCUT2D eigenvalue weighted by Gasteiger charge is 2.27. The minimum absolute atomic E-state index is 0.461. The van der Waals surface area contributed by atoms with E-state index in [1.165, 1.54) is 10.4 Å². The van der Waals surface area contributed by atoms with E-state index in [-0.39, 0.29) is 0 Å². The van der Waals surface area contributed by atoms with Gasteiger partial charge in [0.1, 0.15) is 5.75 Å². The zero-order chi connectivity index (χ0) is 15.1. The SMILES string of the molecule is C[Si](C)(C)c1cc(-n2cccc2)c(O)c([Si](C)(C)C)c1. The zero-order valence-corrected chi connectivity index (χ0v) is 15.4. The number of aromatic nitrogens is 1. The first kappa shape index (κ1) is 15.1. The molecule has 0 aliphatic carbocycles. The number of phenols is 1. The second-order valence-electron chi connectivity index (χ2n) is 7.48. The van der Waals surface area contributed by atoms with Crippen molar-refractivity contribution >= 4 is 26.5 Å². The summed E-state index contributed by atoms with van der Waals surface area (Å²) in [4.78, 5) is 0. The van der Waals surface area contributed by atoms with Crippen molar-refractivity contribution in [3.63, 3.8) is 0 Å². The Labute approximate surface area is 124 Å². The van der Waals surface area contributed by atoms with Gasteiger partial charge in [0, 0.05) is 12.4 Å². The van der Waals surface area contributed by atoms with Crippen LogP contribution in [0.2, 0.25) is 39.3 Å². The first-order valence-electron chi connectivity index (χ1n) is 7.12. The summed E-state index contributed by atoms with van der Waals surface area (Å²) >= 11 is 0. The van der Waals surface area contributed by atoms with Crippen molar-refractivity contribution < 1.29 is 5.11 Å². The van der Waals surface area contributed by atoms with E-state index in [0.717, 1.165) is 5.69 Å². The van der Waals surface area contributed by atoms with Crippen molar-refractivity contribution in [2.75, 3.05) is 0 Å². The maximum Gasteiger partial charge on any atom is 0.138 e. The fraction of sp³-hybridized carbons (Fsp3) is 0.375. The maximum atomic E-state index is 10.7. The molecule has 1 aromatic heterocycles. The molecule has 0 amide bonds. The lowest BCUT2D eigenvalue weighted by Gasteiger charge is -2.26. The number of hydrogen-bond donors (Lipinski definition) is 1. The molecule has 108 valence electrons. The summed E-state index contributed by atoms with van der Waals surface area (Å²) in [5, 5.41) is 13.3. The summed E-state index contributed by atoms with van der Waals surface area (Å²) < 4.78 is 2.02. The summed E-state index contributed by atoms with van der Waals surface area (Å²) in [7, 11) is -2.99. The van der Waals surface area contributed by atoms with Crippen LogP contribution in [0.1, 0.15) is 0 Å². The molecule has 1 aromatic carbocycles. The van der Waals surface area contributed by atoms with Gasteiger partial charge in [-0.05, 0) is 23.4 Å². The highest BCUT2D eigenvalue weighted by Crippen LogP contribution is 2.23. The molecule has 1 heterocycles. The number of aromatic hydroxyl groups is 1. The van der Waals surface area contributed by atoms with Gasteiger partial charge in [0.15, 0.2) is 0 Å². The van der Waals surface area contributed by atoms with E-state index in [4.69, 9.17) is 0 Å². The summed E-state index contributed by atoms with van der Waals surface area (Å²) in [6, 6.07) is 8.43. The Morgan fingerprint density at radius 2 is 1.40 bits per heavy atom. The Kier molecular flexibility index (Phi) is 3.73. The first-order chi connectivity index (χ1) is 9.10. The summed E-state index contributed by atoms with van der Waals surface area (Å²) in [6.07, 6.45) is 3.99. The van der Waals surface area contributed by atoms with Gasteiger partial charge in [0.2, 0.25) is 0 Å². The topological polar surface area (TPSA) is 25.2 Å². The molecule has 4 heteroatoms. The number of phenolic OH excluding ortho intramolecular Hbond substituents is 1. The fourth-order valence-corrected chi connectivity index (χ4v) is 5.03. The lowest BCUT2D eigenvalue weighted by Crippen LogP contribution is -2.45. The van der Waals surface area contributed by atoms with Crippen LogP contribution in [0.25, 0.3) is 5.69 Å². The van der Waals surface area contributed by atoms with Crippen molar-refractivity contribution in [3.05, 3.63) is 36.7 Å². The van der Waals surface area contributed by atoms with Crippen LogP contribution in [0.4, 0.5) is 0 Å². The van der Waals surface area contributed by atoms with Gasteiger partial charge in [0.25, 0.3) is 0 Å². The van der Waals surface area contributed by atoms with Gasteiger partial charge in [-0.25, -0.2) is 0 Å². The van der Waals surface area contributed by atoms with Gasteiger partial charge < -0.3 is 9.67 Å². The van der Waals surface area contributed by atoms with Crippen molar-refractivity contribution in [1.82, 2.24) is 4.57 Å². The predicted molar refractivity (Wildman–Crippen MR) is 93.4 cm³/mol. The van der Waals surface area contributed by atoms with Gasteiger partial charge in [-0.2, -0.15) is 0 Å². The second-order valence-corrected chi connectivity index (χ2v) is 17.6.